The Morgan fingerprint density at radius 1 is 1.20 bits per heavy atom. The van der Waals surface area contributed by atoms with Gasteiger partial charge in [0.05, 0.1) is 12.6 Å². The van der Waals surface area contributed by atoms with Gasteiger partial charge in [-0.2, -0.15) is 5.10 Å². The van der Waals surface area contributed by atoms with Crippen molar-refractivity contribution in [2.75, 3.05) is 13.1 Å². The molecule has 1 saturated heterocycles. The van der Waals surface area contributed by atoms with E-state index in [0.717, 1.165) is 36.2 Å². The van der Waals surface area contributed by atoms with E-state index in [-0.39, 0.29) is 31.2 Å². The van der Waals surface area contributed by atoms with Crippen LogP contribution in [0.15, 0.2) is 53.6 Å². The first-order chi connectivity index (χ1) is 16.9. The van der Waals surface area contributed by atoms with Gasteiger partial charge in [-0.3, -0.25) is 14.6 Å². The highest BCUT2D eigenvalue weighted by Crippen LogP contribution is 2.38. The molecule has 1 saturated carbocycles. The average Bonchev–Trinajstić information content (AvgIpc) is 3.20. The third kappa shape index (κ3) is 5.59. The lowest BCUT2D eigenvalue weighted by Crippen LogP contribution is -2.50. The Kier molecular flexibility index (Phi) is 7.60. The van der Waals surface area contributed by atoms with Crippen LogP contribution < -0.4 is 17.0 Å². The quantitative estimate of drug-likeness (QED) is 0.230. The monoisotopic (exact) mass is 484 g/mol. The molecule has 2 aromatic carbocycles. The second-order valence-electron chi connectivity index (χ2n) is 9.09. The second-order valence-corrected chi connectivity index (χ2v) is 9.09. The normalized spacial score (nSPS) is 21.1. The van der Waals surface area contributed by atoms with Gasteiger partial charge >= 0.3 is 0 Å². The number of hydrazone groups is 1. The number of carbonyl (C=O) groups excluding carboxylic acids is 2. The zero-order chi connectivity index (χ0) is 24.9. The summed E-state index contributed by atoms with van der Waals surface area (Å²) in [6, 6.07) is 12.5. The van der Waals surface area contributed by atoms with Crippen LogP contribution in [0.5, 0.6) is 0 Å². The molecule has 0 spiro atoms. The van der Waals surface area contributed by atoms with Crippen molar-refractivity contribution in [3.63, 3.8) is 0 Å². The fraction of sp³-hybridized carbons (Fsp3) is 0.400. The van der Waals surface area contributed by atoms with E-state index in [1.165, 1.54) is 11.0 Å². The fourth-order valence-corrected chi connectivity index (χ4v) is 4.70. The van der Waals surface area contributed by atoms with E-state index in [2.05, 4.69) is 10.4 Å². The van der Waals surface area contributed by atoms with Crippen LogP contribution >= 0.6 is 0 Å². The predicted octanol–water partition coefficient (Wildman–Crippen LogP) is 2.32. The van der Waals surface area contributed by atoms with Crippen LogP contribution in [-0.4, -0.2) is 53.4 Å². The van der Waals surface area contributed by atoms with E-state index in [4.69, 9.17) is 11.7 Å². The number of hydrazine groups is 1. The molecule has 0 aromatic heterocycles. The molecule has 10 heteroatoms. The smallest absolute Gasteiger partial charge is 0.244 e. The molecule has 8 nitrogen and oxygen atoms in total. The molecule has 1 heterocycles. The summed E-state index contributed by atoms with van der Waals surface area (Å²) in [6.07, 6.45) is 2.62. The highest BCUT2D eigenvalue weighted by molar-refractivity contribution is 5.90. The van der Waals surface area contributed by atoms with Gasteiger partial charge in [0.15, 0.2) is 0 Å². The van der Waals surface area contributed by atoms with Crippen LogP contribution in [0, 0.1) is 5.82 Å². The van der Waals surface area contributed by atoms with Crippen LogP contribution in [0.1, 0.15) is 54.3 Å². The van der Waals surface area contributed by atoms with E-state index < -0.39 is 30.1 Å². The van der Waals surface area contributed by atoms with E-state index in [1.807, 2.05) is 36.4 Å². The van der Waals surface area contributed by atoms with Crippen molar-refractivity contribution in [1.82, 2.24) is 15.2 Å². The van der Waals surface area contributed by atoms with Gasteiger partial charge in [0.1, 0.15) is 30.9 Å². The molecule has 0 bridgehead atoms. The Labute approximate surface area is 202 Å². The summed E-state index contributed by atoms with van der Waals surface area (Å²) >= 11 is 0. The first-order valence-electron chi connectivity index (χ1n) is 11.7. The number of amides is 2. The highest BCUT2D eigenvalue weighted by atomic mass is 19.1. The number of rotatable bonds is 8. The lowest BCUT2D eigenvalue weighted by molar-refractivity contribution is -0.138. The lowest BCUT2D eigenvalue weighted by atomic mass is 9.79. The summed E-state index contributed by atoms with van der Waals surface area (Å²) in [5, 5.41) is 7.13. The van der Waals surface area contributed by atoms with E-state index in [0.29, 0.717) is 11.1 Å². The molecule has 2 aliphatic rings. The maximum atomic E-state index is 15.0. The number of hydrogen-bond acceptors (Lipinski definition) is 5. The van der Waals surface area contributed by atoms with Gasteiger partial charge in [-0.05, 0) is 41.5 Å². The summed E-state index contributed by atoms with van der Waals surface area (Å²) in [6.45, 7) is -0.529. The summed E-state index contributed by atoms with van der Waals surface area (Å²) in [4.78, 5) is 27.2. The molecule has 0 radical (unpaired) electrons. The zero-order valence-corrected chi connectivity index (χ0v) is 19.3. The molecular weight excluding hydrogens is 454 g/mol. The Hall–Kier alpha value is -3.53. The van der Waals surface area contributed by atoms with Crippen molar-refractivity contribution in [3.05, 3.63) is 71.0 Å². The van der Waals surface area contributed by atoms with Crippen LogP contribution in [0.25, 0.3) is 0 Å². The summed E-state index contributed by atoms with van der Waals surface area (Å²) in [5.74, 6) is 9.56. The Morgan fingerprint density at radius 3 is 2.57 bits per heavy atom. The molecule has 186 valence electrons. The van der Waals surface area contributed by atoms with Crippen molar-refractivity contribution in [2.45, 2.75) is 49.9 Å². The largest absolute Gasteiger partial charge is 0.343 e. The fourth-order valence-electron chi connectivity index (χ4n) is 4.70. The van der Waals surface area contributed by atoms with Crippen molar-refractivity contribution >= 4 is 18.2 Å². The number of benzene rings is 2. The van der Waals surface area contributed by atoms with Crippen molar-refractivity contribution < 1.29 is 18.4 Å². The summed E-state index contributed by atoms with van der Waals surface area (Å²) < 4.78 is 29.3. The van der Waals surface area contributed by atoms with E-state index >= 15 is 0 Å². The average molecular weight is 485 g/mol. The Balaban J connectivity index is 1.56. The topological polar surface area (TPSA) is 117 Å². The third-order valence-electron chi connectivity index (χ3n) is 6.73. The molecule has 5 N–H and O–H groups in total. The standard InChI is InChI=1S/C25H30F2N6O2/c26-19-12-22(33(13-19)23(34)14-32(29)15-30-28)25(35)31-24(17-5-2-1-3-6-17)18-9-10-20(21(27)11-18)16-7-4-8-16/h1-3,5-6,9-11,15-16,19,22,24H,4,7-8,12-14,28-29H2,(H,31,35)/b30-15-/t19-,22+,24?/m1/s1. The first-order valence-corrected chi connectivity index (χ1v) is 11.7. The van der Waals surface area contributed by atoms with Crippen LogP contribution in [-0.2, 0) is 9.59 Å². The molecule has 2 fully saturated rings. The number of carbonyl (C=O) groups is 2. The molecule has 1 aliphatic carbocycles. The Morgan fingerprint density at radius 2 is 1.94 bits per heavy atom. The Bertz CT molecular complexity index is 1080. The lowest BCUT2D eigenvalue weighted by Gasteiger charge is -2.29. The number of nitrogens with zero attached hydrogens (tertiary/aromatic N) is 3. The van der Waals surface area contributed by atoms with Gasteiger partial charge in [0.2, 0.25) is 11.8 Å². The van der Waals surface area contributed by atoms with E-state index in [1.54, 1.807) is 6.07 Å². The van der Waals surface area contributed by atoms with Crippen LogP contribution in [0.4, 0.5) is 8.78 Å². The third-order valence-corrected chi connectivity index (χ3v) is 6.73. The van der Waals surface area contributed by atoms with Gasteiger partial charge in [0.25, 0.3) is 0 Å². The molecule has 35 heavy (non-hydrogen) atoms. The number of likely N-dealkylation sites (tertiary alicyclic amines) is 1. The number of alkyl halides is 1. The van der Waals surface area contributed by atoms with Gasteiger partial charge < -0.3 is 16.1 Å². The number of halogens is 2. The van der Waals surface area contributed by atoms with Gasteiger partial charge in [-0.1, -0.05) is 48.9 Å². The maximum Gasteiger partial charge on any atom is 0.244 e. The molecule has 2 amide bonds. The van der Waals surface area contributed by atoms with Crippen molar-refractivity contribution in [1.29, 1.82) is 0 Å². The van der Waals surface area contributed by atoms with Gasteiger partial charge in [-0.15, -0.1) is 0 Å². The number of nitrogens with two attached hydrogens (primary N) is 2. The molecular formula is C25H30F2N6O2. The number of nitrogens with one attached hydrogen (secondary N) is 1. The SMILES string of the molecule is N/N=C\N(N)CC(=O)N1C[C@H](F)C[C@H]1C(=O)NC(c1ccccc1)c1ccc(C2CCC2)c(F)c1. The molecule has 1 aliphatic heterocycles. The first kappa shape index (κ1) is 24.6. The van der Waals surface area contributed by atoms with Gasteiger partial charge in [0, 0.05) is 6.42 Å². The number of hydrogen-bond donors (Lipinski definition) is 3. The minimum absolute atomic E-state index is 0.135. The van der Waals surface area contributed by atoms with E-state index in [9.17, 15) is 18.4 Å². The summed E-state index contributed by atoms with van der Waals surface area (Å²) in [5.41, 5.74) is 2.01. The minimum atomic E-state index is -1.35. The van der Waals surface area contributed by atoms with Gasteiger partial charge in [-0.25, -0.2) is 14.6 Å². The molecule has 3 atom stereocenters. The highest BCUT2D eigenvalue weighted by Gasteiger charge is 2.40. The molecule has 2 aromatic rings. The van der Waals surface area contributed by atoms with Crippen molar-refractivity contribution in [3.8, 4) is 0 Å². The predicted molar refractivity (Wildman–Crippen MR) is 128 cm³/mol. The van der Waals surface area contributed by atoms with Crippen LogP contribution in [0.3, 0.4) is 0 Å². The molecule has 1 unspecified atom stereocenters. The molecule has 4 rings (SSSR count). The van der Waals surface area contributed by atoms with Crippen molar-refractivity contribution in [2.24, 2.45) is 16.8 Å². The second kappa shape index (κ2) is 10.8. The minimum Gasteiger partial charge on any atom is -0.343 e. The summed E-state index contributed by atoms with van der Waals surface area (Å²) in [7, 11) is 0. The zero-order valence-electron chi connectivity index (χ0n) is 19.3. The van der Waals surface area contributed by atoms with Crippen LogP contribution in [0.2, 0.25) is 0 Å². The maximum absolute atomic E-state index is 15.0.